The van der Waals surface area contributed by atoms with Gasteiger partial charge >= 0.3 is 0 Å². The Morgan fingerprint density at radius 3 is 2.36 bits per heavy atom. The largest absolute Gasteiger partial charge is 0.381 e. The van der Waals surface area contributed by atoms with Crippen molar-refractivity contribution in [2.75, 3.05) is 26.3 Å². The van der Waals surface area contributed by atoms with E-state index in [0.717, 1.165) is 45.1 Å². The van der Waals surface area contributed by atoms with Crippen LogP contribution >= 0.6 is 0 Å². The van der Waals surface area contributed by atoms with Crippen LogP contribution in [0.25, 0.3) is 0 Å². The zero-order valence-electron chi connectivity index (χ0n) is 18.3. The molecule has 0 bridgehead atoms. The van der Waals surface area contributed by atoms with Gasteiger partial charge in [-0.15, -0.1) is 0 Å². The molecule has 0 aliphatic carbocycles. The summed E-state index contributed by atoms with van der Waals surface area (Å²) < 4.78 is 11.4. The lowest BCUT2D eigenvalue weighted by Gasteiger charge is -2.62. The summed E-state index contributed by atoms with van der Waals surface area (Å²) in [5.41, 5.74) is 2.86. The Hall–Kier alpha value is -1.59. The van der Waals surface area contributed by atoms with Gasteiger partial charge < -0.3 is 19.7 Å². The van der Waals surface area contributed by atoms with E-state index < -0.39 is 0 Å². The Kier molecular flexibility index (Phi) is 6.66. The number of guanidine groups is 1. The molecule has 2 fully saturated rings. The maximum atomic E-state index is 6.01. The average Bonchev–Trinajstić information content (AvgIpc) is 2.69. The van der Waals surface area contributed by atoms with E-state index >= 15 is 0 Å². The molecule has 0 unspecified atom stereocenters. The standard InChI is InChI=1S/C23H37N3O2/c1-6-24-21(26-17-22(2,3)23(26,4)5)25-15-18-7-9-19(10-8-18)16-28-20-11-13-27-14-12-20/h7-10,20H,6,11-17H2,1-5H3,(H,24,25). The number of ether oxygens (including phenoxy) is 2. The summed E-state index contributed by atoms with van der Waals surface area (Å²) in [7, 11) is 0. The molecular weight excluding hydrogens is 350 g/mol. The van der Waals surface area contributed by atoms with Crippen molar-refractivity contribution in [3.63, 3.8) is 0 Å². The van der Waals surface area contributed by atoms with Crippen molar-refractivity contribution in [3.8, 4) is 0 Å². The van der Waals surface area contributed by atoms with Gasteiger partial charge in [-0.25, -0.2) is 4.99 Å². The number of nitrogens with zero attached hydrogens (tertiary/aromatic N) is 2. The van der Waals surface area contributed by atoms with Gasteiger partial charge in [0.15, 0.2) is 5.96 Å². The second kappa shape index (κ2) is 8.83. The van der Waals surface area contributed by atoms with Crippen molar-refractivity contribution < 1.29 is 9.47 Å². The van der Waals surface area contributed by atoms with Gasteiger partial charge in [-0.3, -0.25) is 0 Å². The Morgan fingerprint density at radius 2 is 1.79 bits per heavy atom. The molecule has 2 aliphatic heterocycles. The third-order valence-electron chi connectivity index (χ3n) is 6.56. The molecule has 0 spiro atoms. The van der Waals surface area contributed by atoms with Gasteiger partial charge in [0.1, 0.15) is 0 Å². The molecule has 2 heterocycles. The first-order chi connectivity index (χ1) is 13.3. The lowest BCUT2D eigenvalue weighted by Crippen LogP contribution is -2.72. The zero-order valence-corrected chi connectivity index (χ0v) is 18.3. The first-order valence-corrected chi connectivity index (χ1v) is 10.7. The maximum Gasteiger partial charge on any atom is 0.194 e. The fraction of sp³-hybridized carbons (Fsp3) is 0.696. The molecule has 1 aromatic rings. The molecule has 28 heavy (non-hydrogen) atoms. The molecule has 5 heteroatoms. The van der Waals surface area contributed by atoms with Crippen LogP contribution in [0.15, 0.2) is 29.3 Å². The SMILES string of the molecule is CCNC(=NCc1ccc(COC2CCOCC2)cc1)N1CC(C)(C)C1(C)C. The zero-order chi connectivity index (χ0) is 20.2. The molecule has 0 amide bonds. The lowest BCUT2D eigenvalue weighted by molar-refractivity contribution is -0.0667. The third-order valence-corrected chi connectivity index (χ3v) is 6.56. The molecule has 2 saturated heterocycles. The fourth-order valence-corrected chi connectivity index (χ4v) is 3.76. The highest BCUT2D eigenvalue weighted by Crippen LogP contribution is 2.46. The van der Waals surface area contributed by atoms with E-state index in [0.29, 0.717) is 24.7 Å². The van der Waals surface area contributed by atoms with E-state index in [1.807, 2.05) is 0 Å². The second-order valence-corrected chi connectivity index (χ2v) is 9.14. The maximum absolute atomic E-state index is 6.01. The number of aliphatic imine (C=N–C) groups is 1. The van der Waals surface area contributed by atoms with Gasteiger partial charge in [-0.1, -0.05) is 38.1 Å². The number of likely N-dealkylation sites (tertiary alicyclic amines) is 1. The summed E-state index contributed by atoms with van der Waals surface area (Å²) in [6.07, 6.45) is 2.35. The van der Waals surface area contributed by atoms with E-state index in [-0.39, 0.29) is 5.54 Å². The monoisotopic (exact) mass is 387 g/mol. The van der Waals surface area contributed by atoms with Gasteiger partial charge in [0.25, 0.3) is 0 Å². The van der Waals surface area contributed by atoms with Crippen LogP contribution in [0, 0.1) is 5.41 Å². The third kappa shape index (κ3) is 4.69. The number of nitrogens with one attached hydrogen (secondary N) is 1. The first-order valence-electron chi connectivity index (χ1n) is 10.7. The van der Waals surface area contributed by atoms with E-state index in [1.54, 1.807) is 0 Å². The number of hydrogen-bond acceptors (Lipinski definition) is 3. The van der Waals surface area contributed by atoms with Crippen molar-refractivity contribution >= 4 is 5.96 Å². The molecule has 0 atom stereocenters. The van der Waals surface area contributed by atoms with Gasteiger partial charge in [0.05, 0.1) is 19.3 Å². The molecule has 0 radical (unpaired) electrons. The predicted octanol–water partition coefficient (Wildman–Crippen LogP) is 3.97. The summed E-state index contributed by atoms with van der Waals surface area (Å²) in [6, 6.07) is 8.66. The van der Waals surface area contributed by atoms with E-state index in [9.17, 15) is 0 Å². The van der Waals surface area contributed by atoms with E-state index in [4.69, 9.17) is 14.5 Å². The number of hydrogen-bond donors (Lipinski definition) is 1. The van der Waals surface area contributed by atoms with Crippen LogP contribution in [0.1, 0.15) is 58.6 Å². The van der Waals surface area contributed by atoms with E-state index in [1.165, 1.54) is 11.1 Å². The first kappa shape index (κ1) is 21.1. The van der Waals surface area contributed by atoms with Crippen LogP contribution in [0.3, 0.4) is 0 Å². The predicted molar refractivity (Wildman–Crippen MR) is 114 cm³/mol. The van der Waals surface area contributed by atoms with Crippen molar-refractivity contribution in [1.29, 1.82) is 0 Å². The highest BCUT2D eigenvalue weighted by atomic mass is 16.5. The molecule has 0 saturated carbocycles. The second-order valence-electron chi connectivity index (χ2n) is 9.14. The quantitative estimate of drug-likeness (QED) is 0.593. The van der Waals surface area contributed by atoms with Crippen LogP contribution in [0.2, 0.25) is 0 Å². The highest BCUT2D eigenvalue weighted by Gasteiger charge is 2.53. The summed E-state index contributed by atoms with van der Waals surface area (Å²) >= 11 is 0. The van der Waals surface area contributed by atoms with Gasteiger partial charge in [0.2, 0.25) is 0 Å². The molecule has 1 N–H and O–H groups in total. The molecule has 1 aromatic carbocycles. The van der Waals surface area contributed by atoms with Crippen LogP contribution in [0.5, 0.6) is 0 Å². The minimum absolute atomic E-state index is 0.110. The van der Waals surface area contributed by atoms with Crippen LogP contribution in [-0.2, 0) is 22.6 Å². The van der Waals surface area contributed by atoms with Crippen LogP contribution in [-0.4, -0.2) is 48.8 Å². The topological polar surface area (TPSA) is 46.1 Å². The van der Waals surface area contributed by atoms with E-state index in [2.05, 4.69) is 69.1 Å². The highest BCUT2D eigenvalue weighted by molar-refractivity contribution is 5.82. The molecular formula is C23H37N3O2. The fourth-order valence-electron chi connectivity index (χ4n) is 3.76. The van der Waals surface area contributed by atoms with Gasteiger partial charge in [-0.05, 0) is 44.7 Å². The van der Waals surface area contributed by atoms with Gasteiger partial charge in [0, 0.05) is 37.3 Å². The Labute approximate surface area is 170 Å². The Morgan fingerprint density at radius 1 is 1.14 bits per heavy atom. The van der Waals surface area contributed by atoms with Crippen molar-refractivity contribution in [1.82, 2.24) is 10.2 Å². The normalized spacial score (nSPS) is 22.0. The number of rotatable bonds is 6. The minimum atomic E-state index is 0.110. The lowest BCUT2D eigenvalue weighted by atomic mass is 9.65. The summed E-state index contributed by atoms with van der Waals surface area (Å²) in [4.78, 5) is 7.30. The summed E-state index contributed by atoms with van der Waals surface area (Å²) in [5.74, 6) is 1.01. The smallest absolute Gasteiger partial charge is 0.194 e. The Balaban J connectivity index is 1.56. The van der Waals surface area contributed by atoms with Crippen LogP contribution in [0.4, 0.5) is 0 Å². The van der Waals surface area contributed by atoms with Gasteiger partial charge in [-0.2, -0.15) is 0 Å². The molecule has 156 valence electrons. The summed E-state index contributed by atoms with van der Waals surface area (Å²) in [5, 5.41) is 3.46. The summed E-state index contributed by atoms with van der Waals surface area (Å²) in [6.45, 7) is 16.3. The van der Waals surface area contributed by atoms with Crippen LogP contribution < -0.4 is 5.32 Å². The minimum Gasteiger partial charge on any atom is -0.381 e. The molecule has 3 rings (SSSR count). The van der Waals surface area contributed by atoms with Crippen molar-refractivity contribution in [2.45, 2.75) is 72.3 Å². The number of benzene rings is 1. The molecule has 5 nitrogen and oxygen atoms in total. The molecule has 2 aliphatic rings. The van der Waals surface area contributed by atoms with Crippen molar-refractivity contribution in [3.05, 3.63) is 35.4 Å². The van der Waals surface area contributed by atoms with Crippen molar-refractivity contribution in [2.24, 2.45) is 10.4 Å². The molecule has 0 aromatic heterocycles. The Bertz CT molecular complexity index is 661. The average molecular weight is 388 g/mol.